The van der Waals surface area contributed by atoms with Gasteiger partial charge in [-0.3, -0.25) is 14.5 Å². The van der Waals surface area contributed by atoms with Crippen molar-refractivity contribution in [3.63, 3.8) is 0 Å². The summed E-state index contributed by atoms with van der Waals surface area (Å²) in [5.74, 6) is 0.0903. The summed E-state index contributed by atoms with van der Waals surface area (Å²) in [5, 5.41) is 6.10. The molecule has 6 heteroatoms. The van der Waals surface area contributed by atoms with Crippen LogP contribution >= 0.6 is 0 Å². The molecule has 1 atom stereocenters. The van der Waals surface area contributed by atoms with Crippen molar-refractivity contribution in [1.82, 2.24) is 20.4 Å². The van der Waals surface area contributed by atoms with Crippen LogP contribution in [0.4, 0.5) is 0 Å². The van der Waals surface area contributed by atoms with Gasteiger partial charge in [-0.05, 0) is 27.3 Å². The van der Waals surface area contributed by atoms with Gasteiger partial charge in [-0.1, -0.05) is 6.92 Å². The van der Waals surface area contributed by atoms with Crippen molar-refractivity contribution in [3.8, 4) is 0 Å². The molecule has 6 nitrogen and oxygen atoms in total. The van der Waals surface area contributed by atoms with Gasteiger partial charge in [-0.15, -0.1) is 0 Å². The molecule has 1 aliphatic heterocycles. The van der Waals surface area contributed by atoms with E-state index in [9.17, 15) is 9.59 Å². The van der Waals surface area contributed by atoms with E-state index < -0.39 is 0 Å². The largest absolute Gasteiger partial charge is 0.353 e. The molecule has 0 radical (unpaired) electrons. The third-order valence-corrected chi connectivity index (χ3v) is 3.54. The van der Waals surface area contributed by atoms with Crippen molar-refractivity contribution in [2.45, 2.75) is 39.8 Å². The Morgan fingerprint density at radius 1 is 1.25 bits per heavy atom. The van der Waals surface area contributed by atoms with Crippen LogP contribution in [0.1, 0.15) is 27.7 Å². The molecule has 2 N–H and O–H groups in total. The predicted octanol–water partition coefficient (Wildman–Crippen LogP) is -0.347. The zero-order chi connectivity index (χ0) is 15.1. The summed E-state index contributed by atoms with van der Waals surface area (Å²) >= 11 is 0. The van der Waals surface area contributed by atoms with Gasteiger partial charge in [0.15, 0.2) is 0 Å². The Morgan fingerprint density at radius 3 is 2.35 bits per heavy atom. The number of piperazine rings is 1. The molecular weight excluding hydrogens is 256 g/mol. The zero-order valence-corrected chi connectivity index (χ0v) is 13.1. The second-order valence-corrected chi connectivity index (χ2v) is 5.54. The monoisotopic (exact) mass is 284 g/mol. The van der Waals surface area contributed by atoms with Crippen molar-refractivity contribution in [2.24, 2.45) is 0 Å². The lowest BCUT2D eigenvalue weighted by Gasteiger charge is -2.34. The third kappa shape index (κ3) is 5.09. The molecule has 1 saturated heterocycles. The van der Waals surface area contributed by atoms with Crippen LogP contribution in [0.15, 0.2) is 0 Å². The minimum atomic E-state index is -0.254. The fraction of sp³-hybridized carbons (Fsp3) is 0.857. The van der Waals surface area contributed by atoms with E-state index >= 15 is 0 Å². The maximum atomic E-state index is 12.4. The van der Waals surface area contributed by atoms with Gasteiger partial charge in [0.05, 0.1) is 12.6 Å². The van der Waals surface area contributed by atoms with E-state index in [1.807, 2.05) is 37.5 Å². The number of rotatable bonds is 6. The number of amides is 2. The first-order valence-electron chi connectivity index (χ1n) is 7.48. The van der Waals surface area contributed by atoms with Gasteiger partial charge in [0.1, 0.15) is 0 Å². The lowest BCUT2D eigenvalue weighted by atomic mass is 10.2. The second kappa shape index (κ2) is 8.21. The normalized spacial score (nSPS) is 17.4. The lowest BCUT2D eigenvalue weighted by Crippen LogP contribution is -2.54. The van der Waals surface area contributed by atoms with E-state index in [0.717, 1.165) is 26.2 Å². The Labute approximate surface area is 121 Å². The summed E-state index contributed by atoms with van der Waals surface area (Å²) < 4.78 is 0. The number of hydrogen-bond donors (Lipinski definition) is 2. The van der Waals surface area contributed by atoms with E-state index in [1.54, 1.807) is 0 Å². The average Bonchev–Trinajstić information content (AvgIpc) is 2.43. The molecular formula is C14H28N4O2. The Bertz CT molecular complexity index is 327. The SMILES string of the molecule is CCN(CC(=O)NC(C)C)C(C)C(=O)N1CCNCC1. The zero-order valence-electron chi connectivity index (χ0n) is 13.1. The number of hydrogen-bond acceptors (Lipinski definition) is 4. The summed E-state index contributed by atoms with van der Waals surface area (Å²) in [5.41, 5.74) is 0. The van der Waals surface area contributed by atoms with Gasteiger partial charge in [0.25, 0.3) is 0 Å². The summed E-state index contributed by atoms with van der Waals surface area (Å²) in [7, 11) is 0. The highest BCUT2D eigenvalue weighted by molar-refractivity contribution is 5.83. The van der Waals surface area contributed by atoms with Gasteiger partial charge in [-0.25, -0.2) is 0 Å². The lowest BCUT2D eigenvalue weighted by molar-refractivity contribution is -0.137. The first-order valence-corrected chi connectivity index (χ1v) is 7.48. The van der Waals surface area contributed by atoms with E-state index in [1.165, 1.54) is 0 Å². The molecule has 0 bridgehead atoms. The second-order valence-electron chi connectivity index (χ2n) is 5.54. The van der Waals surface area contributed by atoms with Crippen LogP contribution < -0.4 is 10.6 Å². The molecule has 1 rings (SSSR count). The summed E-state index contributed by atoms with van der Waals surface area (Å²) in [6.07, 6.45) is 0. The topological polar surface area (TPSA) is 64.7 Å². The number of likely N-dealkylation sites (N-methyl/N-ethyl adjacent to an activating group) is 1. The van der Waals surface area contributed by atoms with Gasteiger partial charge < -0.3 is 15.5 Å². The summed E-state index contributed by atoms with van der Waals surface area (Å²) in [6, 6.07) is -0.128. The van der Waals surface area contributed by atoms with Gasteiger partial charge in [-0.2, -0.15) is 0 Å². The predicted molar refractivity (Wildman–Crippen MR) is 79.4 cm³/mol. The van der Waals surface area contributed by atoms with Gasteiger partial charge in [0.2, 0.25) is 11.8 Å². The van der Waals surface area contributed by atoms with Crippen molar-refractivity contribution < 1.29 is 9.59 Å². The van der Waals surface area contributed by atoms with Crippen LogP contribution in [0.2, 0.25) is 0 Å². The minimum Gasteiger partial charge on any atom is -0.353 e. The maximum Gasteiger partial charge on any atom is 0.239 e. The van der Waals surface area contributed by atoms with Crippen LogP contribution in [-0.4, -0.2) is 73.0 Å². The first kappa shape index (κ1) is 16.9. The van der Waals surface area contributed by atoms with Gasteiger partial charge in [0, 0.05) is 32.2 Å². The Kier molecular flexibility index (Phi) is 6.95. The van der Waals surface area contributed by atoms with E-state index in [0.29, 0.717) is 6.54 Å². The molecule has 0 aromatic carbocycles. The molecule has 1 fully saturated rings. The van der Waals surface area contributed by atoms with Crippen molar-refractivity contribution in [3.05, 3.63) is 0 Å². The van der Waals surface area contributed by atoms with Crippen LogP contribution in [0, 0.1) is 0 Å². The fourth-order valence-electron chi connectivity index (χ4n) is 2.38. The molecule has 1 heterocycles. The third-order valence-electron chi connectivity index (χ3n) is 3.54. The number of carbonyl (C=O) groups excluding carboxylic acids is 2. The van der Waals surface area contributed by atoms with Crippen molar-refractivity contribution in [2.75, 3.05) is 39.3 Å². The first-order chi connectivity index (χ1) is 9.45. The average molecular weight is 284 g/mol. The molecule has 0 saturated carbocycles. The van der Waals surface area contributed by atoms with E-state index in [-0.39, 0.29) is 30.4 Å². The highest BCUT2D eigenvalue weighted by atomic mass is 16.2. The van der Waals surface area contributed by atoms with Crippen molar-refractivity contribution >= 4 is 11.8 Å². The quantitative estimate of drug-likeness (QED) is 0.700. The van der Waals surface area contributed by atoms with Gasteiger partial charge >= 0.3 is 0 Å². The minimum absolute atomic E-state index is 0.0261. The number of nitrogens with one attached hydrogen (secondary N) is 2. The summed E-state index contributed by atoms with van der Waals surface area (Å²) in [4.78, 5) is 28.1. The molecule has 116 valence electrons. The van der Waals surface area contributed by atoms with Crippen LogP contribution in [-0.2, 0) is 9.59 Å². The highest BCUT2D eigenvalue weighted by Crippen LogP contribution is 2.05. The van der Waals surface area contributed by atoms with Crippen LogP contribution in [0.5, 0.6) is 0 Å². The maximum absolute atomic E-state index is 12.4. The standard InChI is InChI=1S/C14H28N4O2/c1-5-17(10-13(19)16-11(2)3)12(4)14(20)18-8-6-15-7-9-18/h11-12,15H,5-10H2,1-4H3,(H,16,19). The van der Waals surface area contributed by atoms with Crippen molar-refractivity contribution in [1.29, 1.82) is 0 Å². The molecule has 1 aliphatic rings. The van der Waals surface area contributed by atoms with Crippen LogP contribution in [0.25, 0.3) is 0 Å². The molecule has 2 amide bonds. The Morgan fingerprint density at radius 2 is 1.85 bits per heavy atom. The number of nitrogens with zero attached hydrogens (tertiary/aromatic N) is 2. The summed E-state index contributed by atoms with van der Waals surface area (Å²) in [6.45, 7) is 11.9. The fourth-order valence-corrected chi connectivity index (χ4v) is 2.38. The molecule has 0 aliphatic carbocycles. The molecule has 1 unspecified atom stereocenters. The Balaban J connectivity index is 2.54. The number of carbonyl (C=O) groups is 2. The smallest absolute Gasteiger partial charge is 0.239 e. The molecule has 0 aromatic heterocycles. The Hall–Kier alpha value is -1.14. The van der Waals surface area contributed by atoms with E-state index in [4.69, 9.17) is 0 Å². The molecule has 20 heavy (non-hydrogen) atoms. The molecule has 0 spiro atoms. The van der Waals surface area contributed by atoms with Crippen LogP contribution in [0.3, 0.4) is 0 Å². The highest BCUT2D eigenvalue weighted by Gasteiger charge is 2.27. The van der Waals surface area contributed by atoms with E-state index in [2.05, 4.69) is 10.6 Å². The molecule has 0 aromatic rings.